The molecule has 0 aliphatic heterocycles. The molecule has 11 heavy (non-hydrogen) atoms. The van der Waals surface area contributed by atoms with Gasteiger partial charge in [-0.05, 0) is 28.4 Å². The second kappa shape index (κ2) is 3.80. The zero-order chi connectivity index (χ0) is 9.07. The first-order valence-electron chi connectivity index (χ1n) is 2.78. The number of hydrogen-bond donors (Lipinski definition) is 0. The first kappa shape index (κ1) is 10.6. The molecule has 0 rings (SSSR count). The van der Waals surface area contributed by atoms with Gasteiger partial charge in [0.2, 0.25) is 0 Å². The molecule has 0 atom stereocenters. The molecule has 0 unspecified atom stereocenters. The highest BCUT2D eigenvalue weighted by atomic mass is 79.9. The fourth-order valence-electron chi connectivity index (χ4n) is 0.352. The summed E-state index contributed by atoms with van der Waals surface area (Å²) in [6.45, 7) is 1.20. The largest absolute Gasteiger partial charge is 0.545 e. The standard InChI is InChI=1S/C6H7BrF2O2/c1-4(5(10)11)2-3-6(7,8)9/h2H,3H2,1H3,(H,10,11)/p-1. The van der Waals surface area contributed by atoms with E-state index >= 15 is 0 Å². The van der Waals surface area contributed by atoms with Crippen LogP contribution >= 0.6 is 15.9 Å². The van der Waals surface area contributed by atoms with Crippen LogP contribution in [0.15, 0.2) is 11.6 Å². The maximum Gasteiger partial charge on any atom is 0.304 e. The third-order valence-electron chi connectivity index (χ3n) is 0.962. The van der Waals surface area contributed by atoms with Crippen molar-refractivity contribution in [2.24, 2.45) is 0 Å². The van der Waals surface area contributed by atoms with Gasteiger partial charge < -0.3 is 9.90 Å². The SMILES string of the molecule is CC(=CCC(F)(F)Br)C(=O)[O-]. The molecule has 0 fully saturated rings. The number of allylic oxidation sites excluding steroid dienone is 1. The summed E-state index contributed by atoms with van der Waals surface area (Å²) in [5, 5.41) is 9.98. The van der Waals surface area contributed by atoms with Gasteiger partial charge >= 0.3 is 4.83 Å². The Hall–Kier alpha value is -0.450. The Morgan fingerprint density at radius 1 is 1.73 bits per heavy atom. The molecule has 0 radical (unpaired) electrons. The van der Waals surface area contributed by atoms with Gasteiger partial charge in [-0.25, -0.2) is 0 Å². The van der Waals surface area contributed by atoms with Crippen LogP contribution in [0.2, 0.25) is 0 Å². The Labute approximate surface area is 71.0 Å². The van der Waals surface area contributed by atoms with E-state index in [1.54, 1.807) is 0 Å². The van der Waals surface area contributed by atoms with Crippen LogP contribution in [-0.4, -0.2) is 10.8 Å². The van der Waals surface area contributed by atoms with Gasteiger partial charge in [-0.3, -0.25) is 0 Å². The monoisotopic (exact) mass is 227 g/mol. The normalized spacial score (nSPS) is 13.3. The Kier molecular flexibility index (Phi) is 3.65. The summed E-state index contributed by atoms with van der Waals surface area (Å²) in [4.78, 5) is 6.94. The quantitative estimate of drug-likeness (QED) is 0.535. The average molecular weight is 228 g/mol. The van der Waals surface area contributed by atoms with Gasteiger partial charge in [-0.1, -0.05) is 6.08 Å². The molecule has 0 N–H and O–H groups in total. The third-order valence-corrected chi connectivity index (χ3v) is 1.29. The molecule has 0 aromatic carbocycles. The van der Waals surface area contributed by atoms with E-state index in [-0.39, 0.29) is 5.57 Å². The van der Waals surface area contributed by atoms with Crippen molar-refractivity contribution >= 4 is 21.9 Å². The van der Waals surface area contributed by atoms with E-state index in [1.807, 2.05) is 0 Å². The zero-order valence-electron chi connectivity index (χ0n) is 5.73. The lowest BCUT2D eigenvalue weighted by Crippen LogP contribution is -2.23. The Bertz CT molecular complexity index is 184. The molecule has 0 heterocycles. The van der Waals surface area contributed by atoms with Crippen LogP contribution in [0.25, 0.3) is 0 Å². The molecule has 0 saturated carbocycles. The second-order valence-electron chi connectivity index (χ2n) is 1.99. The number of hydrogen-bond acceptors (Lipinski definition) is 2. The van der Waals surface area contributed by atoms with Crippen LogP contribution in [0.3, 0.4) is 0 Å². The maximum absolute atomic E-state index is 12.0. The van der Waals surface area contributed by atoms with Crippen molar-refractivity contribution in [3.05, 3.63) is 11.6 Å². The van der Waals surface area contributed by atoms with Crippen LogP contribution in [0.5, 0.6) is 0 Å². The molecule has 0 aliphatic carbocycles. The summed E-state index contributed by atoms with van der Waals surface area (Å²) < 4.78 is 24.0. The minimum Gasteiger partial charge on any atom is -0.545 e. The van der Waals surface area contributed by atoms with E-state index in [9.17, 15) is 18.7 Å². The topological polar surface area (TPSA) is 40.1 Å². The van der Waals surface area contributed by atoms with Gasteiger partial charge in [-0.15, -0.1) is 0 Å². The highest BCUT2D eigenvalue weighted by Gasteiger charge is 2.21. The number of carboxylic acids is 1. The van der Waals surface area contributed by atoms with E-state index in [4.69, 9.17) is 0 Å². The predicted octanol–water partition coefficient (Wildman–Crippen LogP) is 1.06. The minimum atomic E-state index is -3.04. The van der Waals surface area contributed by atoms with E-state index in [0.29, 0.717) is 0 Å². The van der Waals surface area contributed by atoms with Gasteiger partial charge in [0.25, 0.3) is 0 Å². The third kappa shape index (κ3) is 5.97. The molecular weight excluding hydrogens is 222 g/mol. The molecule has 0 amide bonds. The molecule has 0 aliphatic rings. The summed E-state index contributed by atoms with van der Waals surface area (Å²) in [5.74, 6) is -1.43. The number of aliphatic carboxylic acids is 1. The number of carbonyl (C=O) groups is 1. The molecule has 2 nitrogen and oxygen atoms in total. The van der Waals surface area contributed by atoms with Crippen molar-refractivity contribution in [1.82, 2.24) is 0 Å². The van der Waals surface area contributed by atoms with Crippen molar-refractivity contribution < 1.29 is 18.7 Å². The number of alkyl halides is 3. The number of rotatable bonds is 3. The second-order valence-corrected chi connectivity index (χ2v) is 3.15. The summed E-state index contributed by atoms with van der Waals surface area (Å²) >= 11 is 2.06. The fraction of sp³-hybridized carbons (Fsp3) is 0.500. The zero-order valence-corrected chi connectivity index (χ0v) is 7.32. The van der Waals surface area contributed by atoms with Crippen molar-refractivity contribution in [3.8, 4) is 0 Å². The van der Waals surface area contributed by atoms with E-state index in [1.165, 1.54) is 6.92 Å². The minimum absolute atomic E-state index is 0.191. The number of carboxylic acid groups (broad SMARTS) is 1. The summed E-state index contributed by atoms with van der Waals surface area (Å²) in [5.41, 5.74) is -0.191. The van der Waals surface area contributed by atoms with E-state index < -0.39 is 17.2 Å². The molecule has 0 aromatic heterocycles. The summed E-state index contributed by atoms with van der Waals surface area (Å²) in [6, 6.07) is 0. The van der Waals surface area contributed by atoms with Crippen molar-refractivity contribution in [2.75, 3.05) is 0 Å². The Balaban J connectivity index is 4.04. The van der Waals surface area contributed by atoms with Crippen molar-refractivity contribution in [2.45, 2.75) is 18.2 Å². The van der Waals surface area contributed by atoms with Crippen LogP contribution < -0.4 is 5.11 Å². The van der Waals surface area contributed by atoms with Gasteiger partial charge in [0, 0.05) is 6.42 Å². The van der Waals surface area contributed by atoms with E-state index in [0.717, 1.165) is 6.08 Å². The van der Waals surface area contributed by atoms with Gasteiger partial charge in [-0.2, -0.15) is 8.78 Å². The first-order valence-corrected chi connectivity index (χ1v) is 3.57. The molecule has 5 heteroatoms. The molecule has 0 spiro atoms. The molecular formula is C6H6BrF2O2-. The highest BCUT2D eigenvalue weighted by molar-refractivity contribution is 9.10. The smallest absolute Gasteiger partial charge is 0.304 e. The van der Waals surface area contributed by atoms with Crippen LogP contribution in [0.1, 0.15) is 13.3 Å². The highest BCUT2D eigenvalue weighted by Crippen LogP contribution is 2.26. The van der Waals surface area contributed by atoms with Gasteiger partial charge in [0.05, 0.1) is 5.97 Å². The van der Waals surface area contributed by atoms with Crippen LogP contribution in [0.4, 0.5) is 8.78 Å². The number of carbonyl (C=O) groups excluding carboxylic acids is 1. The Morgan fingerprint density at radius 3 is 2.45 bits per heavy atom. The van der Waals surface area contributed by atoms with Gasteiger partial charge in [0.1, 0.15) is 0 Å². The van der Waals surface area contributed by atoms with Crippen molar-refractivity contribution in [1.29, 1.82) is 0 Å². The molecule has 0 saturated heterocycles. The van der Waals surface area contributed by atoms with Crippen LogP contribution in [0, 0.1) is 0 Å². The molecule has 64 valence electrons. The van der Waals surface area contributed by atoms with Gasteiger partial charge in [0.15, 0.2) is 0 Å². The average Bonchev–Trinajstić information content (AvgIpc) is 1.80. The first-order chi connectivity index (χ1) is 4.83. The fourth-order valence-corrected chi connectivity index (χ4v) is 0.514. The Morgan fingerprint density at radius 2 is 2.18 bits per heavy atom. The van der Waals surface area contributed by atoms with E-state index in [2.05, 4.69) is 15.9 Å². The molecule has 0 aromatic rings. The lowest BCUT2D eigenvalue weighted by Gasteiger charge is -2.05. The summed E-state index contributed by atoms with van der Waals surface area (Å²) in [7, 11) is 0. The van der Waals surface area contributed by atoms with Crippen LogP contribution in [-0.2, 0) is 4.79 Å². The predicted molar refractivity (Wildman–Crippen MR) is 37.3 cm³/mol. The lowest BCUT2D eigenvalue weighted by atomic mass is 10.2. The molecule has 0 bridgehead atoms. The lowest BCUT2D eigenvalue weighted by molar-refractivity contribution is -0.299. The van der Waals surface area contributed by atoms with Crippen molar-refractivity contribution in [3.63, 3.8) is 0 Å². The maximum atomic E-state index is 12.0. The number of halogens is 3. The summed E-state index contributed by atoms with van der Waals surface area (Å²) in [6.07, 6.45) is 0.261.